The Balaban J connectivity index is 2.15. The van der Waals surface area contributed by atoms with Crippen LogP contribution < -0.4 is 5.32 Å². The number of carbonyl (C=O) groups is 2. The van der Waals surface area contributed by atoms with Crippen molar-refractivity contribution in [1.82, 2.24) is 15.3 Å². The average molecular weight is 263 g/mol. The van der Waals surface area contributed by atoms with Crippen LogP contribution in [0.2, 0.25) is 0 Å². The van der Waals surface area contributed by atoms with E-state index in [-0.39, 0.29) is 5.69 Å². The van der Waals surface area contributed by atoms with E-state index in [4.69, 9.17) is 0 Å². The van der Waals surface area contributed by atoms with E-state index in [1.54, 1.807) is 6.92 Å². The first kappa shape index (κ1) is 13.5. The molecule has 1 saturated carbocycles. The van der Waals surface area contributed by atoms with Crippen LogP contribution in [-0.2, 0) is 4.79 Å². The Labute approximate surface area is 111 Å². The molecule has 1 aliphatic rings. The Morgan fingerprint density at radius 2 is 1.89 bits per heavy atom. The van der Waals surface area contributed by atoms with Gasteiger partial charge in [-0.05, 0) is 19.8 Å². The summed E-state index contributed by atoms with van der Waals surface area (Å²) in [6, 6.07) is 0. The van der Waals surface area contributed by atoms with Crippen molar-refractivity contribution in [3.63, 3.8) is 0 Å². The Morgan fingerprint density at radius 1 is 1.21 bits per heavy atom. The van der Waals surface area contributed by atoms with Crippen LogP contribution in [0, 0.1) is 6.92 Å². The van der Waals surface area contributed by atoms with Gasteiger partial charge in [0.15, 0.2) is 0 Å². The predicted octanol–water partition coefficient (Wildman–Crippen LogP) is 1.30. The second-order valence-corrected chi connectivity index (χ2v) is 4.95. The number of aliphatic carboxylic acids is 1. The molecule has 0 saturated heterocycles. The van der Waals surface area contributed by atoms with Crippen molar-refractivity contribution in [2.75, 3.05) is 0 Å². The summed E-state index contributed by atoms with van der Waals surface area (Å²) in [6.07, 6.45) is 6.42. The van der Waals surface area contributed by atoms with Gasteiger partial charge in [0.05, 0.1) is 11.9 Å². The molecule has 1 heterocycles. The summed E-state index contributed by atoms with van der Waals surface area (Å²) in [5.74, 6) is -1.45. The molecule has 0 bridgehead atoms. The zero-order valence-electron chi connectivity index (χ0n) is 10.8. The number of aromatic nitrogens is 2. The molecule has 1 amide bonds. The van der Waals surface area contributed by atoms with Crippen LogP contribution in [0.5, 0.6) is 0 Å². The molecule has 1 aromatic rings. The highest BCUT2D eigenvalue weighted by Gasteiger charge is 2.41. The third-order valence-corrected chi connectivity index (χ3v) is 3.48. The Hall–Kier alpha value is -1.98. The normalized spacial score (nSPS) is 17.7. The monoisotopic (exact) mass is 263 g/mol. The summed E-state index contributed by atoms with van der Waals surface area (Å²) in [6.45, 7) is 1.77. The molecule has 0 aromatic carbocycles. The van der Waals surface area contributed by atoms with Crippen LogP contribution >= 0.6 is 0 Å². The lowest BCUT2D eigenvalue weighted by Crippen LogP contribution is -2.55. The minimum absolute atomic E-state index is 0.150. The van der Waals surface area contributed by atoms with Crippen molar-refractivity contribution in [2.24, 2.45) is 0 Å². The fourth-order valence-electron chi connectivity index (χ4n) is 2.34. The Kier molecular flexibility index (Phi) is 3.78. The maximum atomic E-state index is 12.1. The first-order valence-electron chi connectivity index (χ1n) is 6.38. The van der Waals surface area contributed by atoms with E-state index in [0.717, 1.165) is 19.3 Å². The maximum absolute atomic E-state index is 12.1. The number of hydrogen-bond donors (Lipinski definition) is 2. The van der Waals surface area contributed by atoms with Crippen LogP contribution in [0.15, 0.2) is 12.4 Å². The molecular weight excluding hydrogens is 246 g/mol. The lowest BCUT2D eigenvalue weighted by Gasteiger charge is -2.33. The molecule has 2 N–H and O–H groups in total. The Morgan fingerprint density at radius 3 is 2.42 bits per heavy atom. The van der Waals surface area contributed by atoms with Crippen LogP contribution in [-0.4, -0.2) is 32.5 Å². The van der Waals surface area contributed by atoms with Gasteiger partial charge in [0.2, 0.25) is 0 Å². The van der Waals surface area contributed by atoms with Crippen molar-refractivity contribution in [3.8, 4) is 0 Å². The zero-order chi connectivity index (χ0) is 13.9. The summed E-state index contributed by atoms with van der Waals surface area (Å²) in [5, 5.41) is 12.0. The van der Waals surface area contributed by atoms with Crippen molar-refractivity contribution in [1.29, 1.82) is 0 Å². The zero-order valence-corrected chi connectivity index (χ0v) is 10.8. The largest absolute Gasteiger partial charge is 0.480 e. The first-order chi connectivity index (χ1) is 9.03. The number of nitrogens with zero attached hydrogens (tertiary/aromatic N) is 2. The van der Waals surface area contributed by atoms with E-state index in [2.05, 4.69) is 15.3 Å². The molecule has 0 atom stereocenters. The van der Waals surface area contributed by atoms with E-state index in [1.165, 1.54) is 12.4 Å². The highest BCUT2D eigenvalue weighted by Crippen LogP contribution is 2.28. The number of carboxylic acids is 1. The number of hydrogen-bond acceptors (Lipinski definition) is 4. The molecule has 19 heavy (non-hydrogen) atoms. The van der Waals surface area contributed by atoms with Gasteiger partial charge in [-0.3, -0.25) is 9.78 Å². The molecule has 1 aliphatic carbocycles. The molecule has 102 valence electrons. The van der Waals surface area contributed by atoms with Gasteiger partial charge in [-0.15, -0.1) is 0 Å². The van der Waals surface area contributed by atoms with E-state index < -0.39 is 17.4 Å². The fourth-order valence-corrected chi connectivity index (χ4v) is 2.34. The second kappa shape index (κ2) is 5.34. The molecule has 0 radical (unpaired) electrons. The number of carbonyl (C=O) groups excluding carboxylic acids is 1. The van der Waals surface area contributed by atoms with Gasteiger partial charge in [-0.25, -0.2) is 9.78 Å². The lowest BCUT2D eigenvalue weighted by molar-refractivity contribution is -0.145. The SMILES string of the molecule is Cc1cnc(C(=O)NC2(C(=O)O)CCCCC2)cn1. The summed E-state index contributed by atoms with van der Waals surface area (Å²) in [5.41, 5.74) is -0.291. The van der Waals surface area contributed by atoms with Crippen molar-refractivity contribution < 1.29 is 14.7 Å². The Bertz CT molecular complexity index is 478. The van der Waals surface area contributed by atoms with Crippen molar-refractivity contribution in [3.05, 3.63) is 23.8 Å². The van der Waals surface area contributed by atoms with Gasteiger partial charge in [0.25, 0.3) is 5.91 Å². The molecule has 1 fully saturated rings. The molecule has 6 nitrogen and oxygen atoms in total. The van der Waals surface area contributed by atoms with Gasteiger partial charge in [-0.1, -0.05) is 19.3 Å². The van der Waals surface area contributed by atoms with Gasteiger partial charge in [0.1, 0.15) is 11.2 Å². The standard InChI is InChI=1S/C13H17N3O3/c1-9-7-15-10(8-14-9)11(17)16-13(12(18)19)5-3-2-4-6-13/h7-8H,2-6H2,1H3,(H,16,17)(H,18,19). The third-order valence-electron chi connectivity index (χ3n) is 3.48. The smallest absolute Gasteiger partial charge is 0.329 e. The average Bonchev–Trinajstić information content (AvgIpc) is 2.40. The van der Waals surface area contributed by atoms with E-state index >= 15 is 0 Å². The van der Waals surface area contributed by atoms with Gasteiger partial charge < -0.3 is 10.4 Å². The van der Waals surface area contributed by atoms with E-state index in [0.29, 0.717) is 18.5 Å². The molecule has 2 rings (SSSR count). The number of rotatable bonds is 3. The van der Waals surface area contributed by atoms with Gasteiger partial charge in [-0.2, -0.15) is 0 Å². The third kappa shape index (κ3) is 2.89. The fraction of sp³-hybridized carbons (Fsp3) is 0.538. The second-order valence-electron chi connectivity index (χ2n) is 4.95. The van der Waals surface area contributed by atoms with E-state index in [1.807, 2.05) is 0 Å². The van der Waals surface area contributed by atoms with Gasteiger partial charge in [0, 0.05) is 6.20 Å². The van der Waals surface area contributed by atoms with Gasteiger partial charge >= 0.3 is 5.97 Å². The molecule has 0 spiro atoms. The molecule has 0 unspecified atom stereocenters. The quantitative estimate of drug-likeness (QED) is 0.857. The highest BCUT2D eigenvalue weighted by atomic mass is 16.4. The highest BCUT2D eigenvalue weighted by molar-refractivity contribution is 5.96. The lowest BCUT2D eigenvalue weighted by atomic mass is 9.81. The van der Waals surface area contributed by atoms with Crippen molar-refractivity contribution in [2.45, 2.75) is 44.6 Å². The van der Waals surface area contributed by atoms with Crippen LogP contribution in [0.4, 0.5) is 0 Å². The van der Waals surface area contributed by atoms with E-state index in [9.17, 15) is 14.7 Å². The summed E-state index contributed by atoms with van der Waals surface area (Å²) < 4.78 is 0. The minimum Gasteiger partial charge on any atom is -0.480 e. The van der Waals surface area contributed by atoms with Crippen LogP contribution in [0.3, 0.4) is 0 Å². The number of aryl methyl sites for hydroxylation is 1. The summed E-state index contributed by atoms with van der Waals surface area (Å²) >= 11 is 0. The topological polar surface area (TPSA) is 92.2 Å². The maximum Gasteiger partial charge on any atom is 0.329 e. The summed E-state index contributed by atoms with van der Waals surface area (Å²) in [7, 11) is 0. The predicted molar refractivity (Wildman–Crippen MR) is 67.7 cm³/mol. The van der Waals surface area contributed by atoms with Crippen LogP contribution in [0.25, 0.3) is 0 Å². The van der Waals surface area contributed by atoms with Crippen molar-refractivity contribution >= 4 is 11.9 Å². The molecule has 6 heteroatoms. The number of nitrogens with one attached hydrogen (secondary N) is 1. The molecule has 0 aliphatic heterocycles. The minimum atomic E-state index is -1.15. The number of amides is 1. The number of carboxylic acid groups (broad SMARTS) is 1. The van der Waals surface area contributed by atoms with Crippen LogP contribution in [0.1, 0.15) is 48.3 Å². The molecular formula is C13H17N3O3. The summed E-state index contributed by atoms with van der Waals surface area (Å²) in [4.78, 5) is 31.5. The first-order valence-corrected chi connectivity index (χ1v) is 6.38. The molecule has 1 aromatic heterocycles.